The molecule has 0 saturated heterocycles. The Balaban J connectivity index is 2.12. The van der Waals surface area contributed by atoms with Gasteiger partial charge in [0, 0.05) is 20.6 Å². The zero-order valence-electron chi connectivity index (χ0n) is 12.3. The van der Waals surface area contributed by atoms with Crippen LogP contribution in [0.15, 0.2) is 44.7 Å². The molecule has 3 rings (SSSR count). The zero-order valence-corrected chi connectivity index (χ0v) is 13.9. The quantitative estimate of drug-likeness (QED) is 0.662. The molecule has 6 nitrogen and oxygen atoms in total. The van der Waals surface area contributed by atoms with E-state index in [0.717, 1.165) is 11.0 Å². The van der Waals surface area contributed by atoms with Gasteiger partial charge in [0.1, 0.15) is 0 Å². The first-order valence-corrected chi connectivity index (χ1v) is 7.65. The van der Waals surface area contributed by atoms with Crippen molar-refractivity contribution >= 4 is 27.1 Å². The Kier molecular flexibility index (Phi) is 3.74. The molecule has 0 atom stereocenters. The highest BCUT2D eigenvalue weighted by molar-refractivity contribution is 9.10. The number of nitrogens with zero attached hydrogens (tertiary/aromatic N) is 4. The summed E-state index contributed by atoms with van der Waals surface area (Å²) < 4.78 is 4.94. The fourth-order valence-electron chi connectivity index (χ4n) is 2.55. The van der Waals surface area contributed by atoms with Gasteiger partial charge in [-0.25, -0.2) is 9.78 Å². The third-order valence-electron chi connectivity index (χ3n) is 3.76. The van der Waals surface area contributed by atoms with Gasteiger partial charge in [-0.05, 0) is 27.9 Å². The molecule has 0 spiro atoms. The largest absolute Gasteiger partial charge is 0.332 e. The molecule has 0 bridgehead atoms. The van der Waals surface area contributed by atoms with E-state index in [1.165, 1.54) is 17.2 Å². The van der Waals surface area contributed by atoms with Crippen LogP contribution in [0.5, 0.6) is 0 Å². The molecule has 2 heterocycles. The third-order valence-corrected chi connectivity index (χ3v) is 4.37. The standard InChI is InChI=1S/C15H15BrN4O2/c1-18-12-11(13(21)19(2)15(18)22)17-14(16)20(12)9-8-10-6-4-3-5-7-10/h3-7H,8-9H2,1-2H3. The van der Waals surface area contributed by atoms with Crippen LogP contribution in [-0.2, 0) is 27.1 Å². The second-order valence-corrected chi connectivity index (χ2v) is 5.86. The Labute approximate surface area is 134 Å². The average molecular weight is 363 g/mol. The van der Waals surface area contributed by atoms with E-state index in [-0.39, 0.29) is 11.2 Å². The number of imidazole rings is 1. The molecule has 3 aromatic rings. The number of aromatic nitrogens is 4. The Morgan fingerprint density at radius 1 is 1.09 bits per heavy atom. The molecule has 2 aromatic heterocycles. The normalized spacial score (nSPS) is 11.2. The van der Waals surface area contributed by atoms with Crippen LogP contribution in [0.2, 0.25) is 0 Å². The summed E-state index contributed by atoms with van der Waals surface area (Å²) in [6, 6.07) is 10.0. The van der Waals surface area contributed by atoms with E-state index in [1.807, 2.05) is 34.9 Å². The van der Waals surface area contributed by atoms with Crippen LogP contribution in [0, 0.1) is 0 Å². The molecule has 114 valence electrons. The van der Waals surface area contributed by atoms with E-state index in [9.17, 15) is 9.59 Å². The highest BCUT2D eigenvalue weighted by Gasteiger charge is 2.17. The van der Waals surface area contributed by atoms with Crippen LogP contribution in [0.25, 0.3) is 11.2 Å². The van der Waals surface area contributed by atoms with E-state index >= 15 is 0 Å². The smallest absolute Gasteiger partial charge is 0.304 e. The minimum atomic E-state index is -0.378. The van der Waals surface area contributed by atoms with Gasteiger partial charge in [0.25, 0.3) is 5.56 Å². The first-order valence-electron chi connectivity index (χ1n) is 6.86. The van der Waals surface area contributed by atoms with Crippen LogP contribution in [0.1, 0.15) is 5.56 Å². The Morgan fingerprint density at radius 2 is 1.77 bits per heavy atom. The summed E-state index contributed by atoms with van der Waals surface area (Å²) in [6.45, 7) is 0.627. The van der Waals surface area contributed by atoms with Crippen molar-refractivity contribution in [1.29, 1.82) is 0 Å². The molecule has 0 aliphatic carbocycles. The second-order valence-electron chi connectivity index (χ2n) is 5.15. The monoisotopic (exact) mass is 362 g/mol. The van der Waals surface area contributed by atoms with Crippen molar-refractivity contribution in [3.8, 4) is 0 Å². The summed E-state index contributed by atoms with van der Waals surface area (Å²) in [5.41, 5.74) is 1.29. The van der Waals surface area contributed by atoms with Crippen LogP contribution in [0.4, 0.5) is 0 Å². The van der Waals surface area contributed by atoms with Gasteiger partial charge in [-0.2, -0.15) is 0 Å². The molecule has 1 aromatic carbocycles. The van der Waals surface area contributed by atoms with Crippen LogP contribution < -0.4 is 11.2 Å². The predicted octanol–water partition coefficient (Wildman–Crippen LogP) is 1.44. The van der Waals surface area contributed by atoms with Gasteiger partial charge in [-0.15, -0.1) is 0 Å². The second kappa shape index (κ2) is 5.57. The lowest BCUT2D eigenvalue weighted by Gasteiger charge is -2.09. The Morgan fingerprint density at radius 3 is 2.45 bits per heavy atom. The van der Waals surface area contributed by atoms with Gasteiger partial charge >= 0.3 is 5.69 Å². The summed E-state index contributed by atoms with van der Waals surface area (Å²) in [7, 11) is 3.11. The molecule has 0 saturated carbocycles. The fraction of sp³-hybridized carbons (Fsp3) is 0.267. The Bertz CT molecular complexity index is 954. The number of hydrogen-bond acceptors (Lipinski definition) is 3. The lowest BCUT2D eigenvalue weighted by molar-refractivity contribution is 0.653. The molecule has 0 unspecified atom stereocenters. The van der Waals surface area contributed by atoms with Gasteiger partial charge in [0.15, 0.2) is 15.9 Å². The molecule has 7 heteroatoms. The van der Waals surface area contributed by atoms with Crippen molar-refractivity contribution in [1.82, 2.24) is 18.7 Å². The predicted molar refractivity (Wildman–Crippen MR) is 88.1 cm³/mol. The number of rotatable bonds is 3. The van der Waals surface area contributed by atoms with E-state index in [2.05, 4.69) is 20.9 Å². The van der Waals surface area contributed by atoms with Gasteiger partial charge < -0.3 is 4.57 Å². The van der Waals surface area contributed by atoms with E-state index in [0.29, 0.717) is 22.4 Å². The van der Waals surface area contributed by atoms with Crippen LogP contribution in [-0.4, -0.2) is 18.7 Å². The van der Waals surface area contributed by atoms with E-state index in [1.54, 1.807) is 7.05 Å². The van der Waals surface area contributed by atoms with Crippen molar-refractivity contribution < 1.29 is 0 Å². The maximum absolute atomic E-state index is 12.2. The first kappa shape index (κ1) is 14.8. The first-order chi connectivity index (χ1) is 10.5. The summed E-state index contributed by atoms with van der Waals surface area (Å²) in [5.74, 6) is 0. The fourth-order valence-corrected chi connectivity index (χ4v) is 3.07. The molecule has 22 heavy (non-hydrogen) atoms. The van der Waals surface area contributed by atoms with Gasteiger partial charge in [0.2, 0.25) is 0 Å². The summed E-state index contributed by atoms with van der Waals surface area (Å²) in [6.07, 6.45) is 0.786. The molecular weight excluding hydrogens is 348 g/mol. The lowest BCUT2D eigenvalue weighted by Crippen LogP contribution is -2.37. The van der Waals surface area contributed by atoms with Crippen LogP contribution in [0.3, 0.4) is 0 Å². The van der Waals surface area contributed by atoms with Crippen molar-refractivity contribution in [2.24, 2.45) is 14.1 Å². The minimum absolute atomic E-state index is 0.296. The molecule has 0 fully saturated rings. The Hall–Kier alpha value is -2.15. The molecule has 0 aliphatic heterocycles. The number of benzene rings is 1. The molecule has 0 N–H and O–H groups in total. The maximum Gasteiger partial charge on any atom is 0.332 e. The average Bonchev–Trinajstić information content (AvgIpc) is 2.86. The van der Waals surface area contributed by atoms with E-state index in [4.69, 9.17) is 0 Å². The topological polar surface area (TPSA) is 61.8 Å². The number of fused-ring (bicyclic) bond motifs is 1. The number of aryl methyl sites for hydroxylation is 3. The maximum atomic E-state index is 12.2. The minimum Gasteiger partial charge on any atom is -0.304 e. The molecule has 0 amide bonds. The van der Waals surface area contributed by atoms with Crippen molar-refractivity contribution in [3.05, 3.63) is 61.5 Å². The SMILES string of the molecule is Cn1c(=O)c2nc(Br)n(CCc3ccccc3)c2n(C)c1=O. The highest BCUT2D eigenvalue weighted by Crippen LogP contribution is 2.17. The lowest BCUT2D eigenvalue weighted by atomic mass is 10.1. The zero-order chi connectivity index (χ0) is 15.9. The summed E-state index contributed by atoms with van der Waals surface area (Å²) in [5, 5.41) is 0. The third kappa shape index (κ3) is 2.31. The van der Waals surface area contributed by atoms with Crippen LogP contribution >= 0.6 is 15.9 Å². The molecule has 0 aliphatic rings. The number of hydrogen-bond donors (Lipinski definition) is 0. The van der Waals surface area contributed by atoms with Crippen molar-refractivity contribution in [2.45, 2.75) is 13.0 Å². The van der Waals surface area contributed by atoms with Crippen molar-refractivity contribution in [2.75, 3.05) is 0 Å². The summed E-state index contributed by atoms with van der Waals surface area (Å²) in [4.78, 5) is 28.6. The van der Waals surface area contributed by atoms with E-state index < -0.39 is 0 Å². The van der Waals surface area contributed by atoms with Crippen molar-refractivity contribution in [3.63, 3.8) is 0 Å². The highest BCUT2D eigenvalue weighted by atomic mass is 79.9. The molecular formula is C15H15BrN4O2. The number of halogens is 1. The molecule has 0 radical (unpaired) electrons. The summed E-state index contributed by atoms with van der Waals surface area (Å²) >= 11 is 3.39. The van der Waals surface area contributed by atoms with Gasteiger partial charge in [-0.3, -0.25) is 13.9 Å². The van der Waals surface area contributed by atoms with Gasteiger partial charge in [0.05, 0.1) is 0 Å². The van der Waals surface area contributed by atoms with Gasteiger partial charge in [-0.1, -0.05) is 30.3 Å².